The Labute approximate surface area is 335 Å². The third-order valence-corrected chi connectivity index (χ3v) is 14.3. The summed E-state index contributed by atoms with van der Waals surface area (Å²) in [5.74, 6) is 0.726. The van der Waals surface area contributed by atoms with Crippen LogP contribution < -0.4 is 0 Å². The quantitative estimate of drug-likeness (QED) is 0.125. The van der Waals surface area contributed by atoms with E-state index in [1.807, 2.05) is 0 Å². The third-order valence-electron chi connectivity index (χ3n) is 14.3. The van der Waals surface area contributed by atoms with E-state index in [0.29, 0.717) is 11.8 Å². The average molecular weight is 735 g/mol. The highest BCUT2D eigenvalue weighted by molar-refractivity contribution is 6.51. The van der Waals surface area contributed by atoms with E-state index in [0.717, 1.165) is 0 Å². The molecule has 0 spiro atoms. The van der Waals surface area contributed by atoms with Crippen LogP contribution in [0.2, 0.25) is 0 Å². The monoisotopic (exact) mass is 734 g/mol. The van der Waals surface area contributed by atoms with E-state index in [1.54, 1.807) is 0 Å². The highest BCUT2D eigenvalue weighted by Crippen LogP contribution is 2.59. The van der Waals surface area contributed by atoms with Gasteiger partial charge in [-0.3, -0.25) is 0 Å². The van der Waals surface area contributed by atoms with Crippen LogP contribution in [0, 0.1) is 0 Å². The highest BCUT2D eigenvalue weighted by atomic mass is 14.3. The number of hydrogen-bond acceptors (Lipinski definition) is 0. The van der Waals surface area contributed by atoms with Gasteiger partial charge in [-0.25, -0.2) is 0 Å². The topological polar surface area (TPSA) is 0 Å². The maximum atomic E-state index is 2.60. The lowest BCUT2D eigenvalue weighted by Gasteiger charge is -2.23. The Bertz CT molecular complexity index is 3930. The van der Waals surface area contributed by atoms with Crippen molar-refractivity contribution in [2.75, 3.05) is 0 Å². The van der Waals surface area contributed by atoms with Crippen LogP contribution in [0.1, 0.15) is 50.7 Å². The molecule has 1 aliphatic carbocycles. The van der Waals surface area contributed by atoms with Crippen molar-refractivity contribution in [3.63, 3.8) is 0 Å². The number of benzene rings is 11. The van der Waals surface area contributed by atoms with Gasteiger partial charge in [-0.2, -0.15) is 0 Å². The molecular formula is C58H38. The molecule has 1 aliphatic rings. The summed E-state index contributed by atoms with van der Waals surface area (Å²) in [6, 6.07) is 56.2. The molecule has 14 rings (SSSR count). The first-order chi connectivity index (χ1) is 28.5. The normalized spacial score (nSPS) is 13.1. The Morgan fingerprint density at radius 3 is 1.55 bits per heavy atom. The van der Waals surface area contributed by atoms with Crippen molar-refractivity contribution in [1.29, 1.82) is 0 Å². The smallest absolute Gasteiger partial charge is 0.000696 e. The molecule has 0 heteroatoms. The third kappa shape index (κ3) is 3.57. The Morgan fingerprint density at radius 2 is 0.793 bits per heavy atom. The van der Waals surface area contributed by atoms with Gasteiger partial charge in [0.25, 0.3) is 0 Å². The molecule has 0 amide bonds. The summed E-state index contributed by atoms with van der Waals surface area (Å²) in [7, 11) is 0. The van der Waals surface area contributed by atoms with Crippen molar-refractivity contribution in [2.45, 2.75) is 39.5 Å². The van der Waals surface area contributed by atoms with Crippen molar-refractivity contribution < 1.29 is 0 Å². The van der Waals surface area contributed by atoms with Gasteiger partial charge < -0.3 is 0 Å². The summed E-state index contributed by atoms with van der Waals surface area (Å²) in [4.78, 5) is 0. The molecule has 0 atom stereocenters. The molecule has 0 saturated carbocycles. The first-order valence-electron chi connectivity index (χ1n) is 21.1. The van der Waals surface area contributed by atoms with Crippen LogP contribution in [0.3, 0.4) is 0 Å². The molecule has 0 unspecified atom stereocenters. The summed E-state index contributed by atoms with van der Waals surface area (Å²) in [5, 5.41) is 27.7. The summed E-state index contributed by atoms with van der Waals surface area (Å²) in [5.41, 5.74) is 11.2. The summed E-state index contributed by atoms with van der Waals surface area (Å²) in [6.07, 6.45) is 0. The second kappa shape index (κ2) is 10.6. The van der Waals surface area contributed by atoms with Crippen LogP contribution >= 0.6 is 0 Å². The molecule has 0 fully saturated rings. The molecule has 58 heavy (non-hydrogen) atoms. The molecule has 0 N–H and O–H groups in total. The van der Waals surface area contributed by atoms with Crippen LogP contribution in [0.5, 0.6) is 0 Å². The van der Waals surface area contributed by atoms with E-state index in [-0.39, 0.29) is 0 Å². The predicted molar refractivity (Wildman–Crippen MR) is 253 cm³/mol. The molecule has 270 valence electrons. The Hall–Kier alpha value is -6.76. The fourth-order valence-corrected chi connectivity index (χ4v) is 12.0. The van der Waals surface area contributed by atoms with E-state index in [9.17, 15) is 0 Å². The molecule has 0 heterocycles. The van der Waals surface area contributed by atoms with Gasteiger partial charge in [0.15, 0.2) is 0 Å². The fourth-order valence-electron chi connectivity index (χ4n) is 12.0. The zero-order valence-corrected chi connectivity index (χ0v) is 33.0. The number of rotatable bonds is 3. The van der Waals surface area contributed by atoms with Crippen LogP contribution in [-0.2, 0) is 0 Å². The van der Waals surface area contributed by atoms with Gasteiger partial charge in [-0.15, -0.1) is 0 Å². The van der Waals surface area contributed by atoms with Crippen molar-refractivity contribution in [2.24, 2.45) is 0 Å². The van der Waals surface area contributed by atoms with Gasteiger partial charge >= 0.3 is 0 Å². The van der Waals surface area contributed by atoms with E-state index in [1.165, 1.54) is 152 Å². The molecule has 0 radical (unpaired) electrons. The van der Waals surface area contributed by atoms with E-state index in [2.05, 4.69) is 173 Å². The standard InChI is InChI=1S/C58H38/c1-29(2)42-28-47-44-25-32-15-8-9-16-33(32)26-45(44)53-43(30(3)4)27-46-37-21-22-40-51-41(24-23-39(49(37)51)52(42)57(46)58(47)53)56-54-36-18-11-10-17-34(36)35-19-12-20-38(50(35)54)48(55(40)56)31-13-6-5-7-14-31/h5-30H,1-4H3. The first-order valence-corrected chi connectivity index (χ1v) is 21.1. The van der Waals surface area contributed by atoms with Crippen molar-refractivity contribution in [1.82, 2.24) is 0 Å². The highest BCUT2D eigenvalue weighted by Gasteiger charge is 2.32. The molecule has 0 saturated heterocycles. The van der Waals surface area contributed by atoms with E-state index >= 15 is 0 Å². The number of fused-ring (bicyclic) bond motifs is 13. The average Bonchev–Trinajstić information content (AvgIpc) is 3.88. The van der Waals surface area contributed by atoms with Crippen molar-refractivity contribution in [3.8, 4) is 33.4 Å². The minimum atomic E-state index is 0.355. The van der Waals surface area contributed by atoms with Crippen LogP contribution in [0.15, 0.2) is 146 Å². The van der Waals surface area contributed by atoms with Gasteiger partial charge in [0, 0.05) is 0 Å². The summed E-state index contributed by atoms with van der Waals surface area (Å²) < 4.78 is 0. The second-order valence-corrected chi connectivity index (χ2v) is 17.8. The maximum Gasteiger partial charge on any atom is -0.000696 e. The van der Waals surface area contributed by atoms with Gasteiger partial charge in [0.05, 0.1) is 0 Å². The van der Waals surface area contributed by atoms with Crippen LogP contribution in [0.25, 0.3) is 141 Å². The van der Waals surface area contributed by atoms with Crippen molar-refractivity contribution >= 4 is 108 Å². The lowest BCUT2D eigenvalue weighted by atomic mass is 9.80. The zero-order chi connectivity index (χ0) is 38.3. The van der Waals surface area contributed by atoms with Gasteiger partial charge in [0.2, 0.25) is 0 Å². The molecule has 0 nitrogen and oxygen atoms in total. The Morgan fingerprint density at radius 1 is 0.276 bits per heavy atom. The lowest BCUT2D eigenvalue weighted by Crippen LogP contribution is -1.98. The summed E-state index contributed by atoms with van der Waals surface area (Å²) >= 11 is 0. The molecule has 13 aromatic rings. The molecule has 13 aromatic carbocycles. The minimum absolute atomic E-state index is 0.355. The lowest BCUT2D eigenvalue weighted by molar-refractivity contribution is 0.872. The Balaban J connectivity index is 1.25. The van der Waals surface area contributed by atoms with Gasteiger partial charge in [-0.1, -0.05) is 149 Å². The summed E-state index contributed by atoms with van der Waals surface area (Å²) in [6.45, 7) is 9.55. The SMILES string of the molecule is CC(C)c1cc2c3ccc4c5c(-c6ccccc6)c6cccc7c8ccccc8c(c67)c5c5ccc(c6c(C(C)C)cc7c(c1-c1cc8ccccc8cc1-7)c26)c3c45. The van der Waals surface area contributed by atoms with Crippen LogP contribution in [0.4, 0.5) is 0 Å². The molecule has 0 aromatic heterocycles. The zero-order valence-electron chi connectivity index (χ0n) is 33.0. The molecule has 0 bridgehead atoms. The number of hydrogen-bond donors (Lipinski definition) is 0. The molecule has 0 aliphatic heterocycles. The molecular weight excluding hydrogens is 697 g/mol. The first kappa shape index (κ1) is 31.3. The fraction of sp³-hybridized carbons (Fsp3) is 0.103. The maximum absolute atomic E-state index is 2.60. The van der Waals surface area contributed by atoms with E-state index in [4.69, 9.17) is 0 Å². The second-order valence-electron chi connectivity index (χ2n) is 17.8. The van der Waals surface area contributed by atoms with Gasteiger partial charge in [-0.05, 0) is 188 Å². The minimum Gasteiger partial charge on any atom is -0.0622 e. The van der Waals surface area contributed by atoms with Gasteiger partial charge in [0.1, 0.15) is 0 Å². The van der Waals surface area contributed by atoms with Crippen molar-refractivity contribution in [3.05, 3.63) is 157 Å². The van der Waals surface area contributed by atoms with Crippen LogP contribution in [-0.4, -0.2) is 0 Å². The van der Waals surface area contributed by atoms with E-state index < -0.39 is 0 Å². The largest absolute Gasteiger partial charge is 0.0622 e. The predicted octanol–water partition coefficient (Wildman–Crippen LogP) is 17.1. The Kier molecular flexibility index (Phi) is 5.72.